The molecule has 2 amide bonds. The molecule has 2 atom stereocenters. The van der Waals surface area contributed by atoms with Crippen LogP contribution >= 0.6 is 0 Å². The molecule has 1 fully saturated rings. The molecule has 0 aromatic heterocycles. The summed E-state index contributed by atoms with van der Waals surface area (Å²) in [5.74, 6) is 0.433. The fourth-order valence-corrected chi connectivity index (χ4v) is 2.85. The lowest BCUT2D eigenvalue weighted by Gasteiger charge is -2.23. The van der Waals surface area contributed by atoms with Gasteiger partial charge in [-0.25, -0.2) is 0 Å². The van der Waals surface area contributed by atoms with Gasteiger partial charge in [0.2, 0.25) is 11.8 Å². The molecule has 21 heavy (non-hydrogen) atoms. The smallest absolute Gasteiger partial charge is 0.223 e. The van der Waals surface area contributed by atoms with E-state index in [1.807, 2.05) is 20.8 Å². The molecule has 1 aliphatic rings. The Morgan fingerprint density at radius 2 is 1.76 bits per heavy atom. The Hall–Kier alpha value is -1.10. The summed E-state index contributed by atoms with van der Waals surface area (Å²) in [5, 5.41) is 14.9. The third kappa shape index (κ3) is 6.46. The van der Waals surface area contributed by atoms with Crippen LogP contribution in [0.1, 0.15) is 59.3 Å². The molecule has 0 aromatic carbocycles. The van der Waals surface area contributed by atoms with Crippen molar-refractivity contribution in [1.29, 1.82) is 0 Å². The highest BCUT2D eigenvalue weighted by molar-refractivity contribution is 5.81. The molecule has 0 bridgehead atoms. The quantitative estimate of drug-likeness (QED) is 0.637. The number of amides is 2. The standard InChI is InChI=1S/C16H30N2O3/c1-11(2)14(8-9-19)18-15(20)10-12(3)17-16(21)13-6-4-5-7-13/h11-14,19H,4-10H2,1-3H3,(H,17,21)(H,18,20). The molecule has 2 unspecified atom stereocenters. The van der Waals surface area contributed by atoms with Gasteiger partial charge in [0, 0.05) is 31.0 Å². The Morgan fingerprint density at radius 1 is 1.14 bits per heavy atom. The summed E-state index contributed by atoms with van der Waals surface area (Å²) in [5.41, 5.74) is 0. The van der Waals surface area contributed by atoms with Gasteiger partial charge in [-0.3, -0.25) is 9.59 Å². The predicted octanol–water partition coefficient (Wildman–Crippen LogP) is 1.59. The first kappa shape index (κ1) is 18.0. The second-order valence-corrected chi connectivity index (χ2v) is 6.53. The summed E-state index contributed by atoms with van der Waals surface area (Å²) in [6.45, 7) is 5.97. The van der Waals surface area contributed by atoms with E-state index in [1.165, 1.54) is 0 Å². The highest BCUT2D eigenvalue weighted by atomic mass is 16.3. The van der Waals surface area contributed by atoms with Crippen LogP contribution in [0.4, 0.5) is 0 Å². The van der Waals surface area contributed by atoms with Gasteiger partial charge in [0.25, 0.3) is 0 Å². The van der Waals surface area contributed by atoms with Crippen LogP contribution in [0.3, 0.4) is 0 Å². The maximum atomic E-state index is 12.0. The number of nitrogens with one attached hydrogen (secondary N) is 2. The summed E-state index contributed by atoms with van der Waals surface area (Å²) in [6.07, 6.45) is 5.04. The number of hydrogen-bond donors (Lipinski definition) is 3. The molecule has 3 N–H and O–H groups in total. The minimum absolute atomic E-state index is 0.0137. The second-order valence-electron chi connectivity index (χ2n) is 6.53. The average Bonchev–Trinajstić information content (AvgIpc) is 2.91. The molecule has 0 saturated heterocycles. The molecule has 0 radical (unpaired) electrons. The predicted molar refractivity (Wildman–Crippen MR) is 82.7 cm³/mol. The Bertz CT molecular complexity index is 338. The third-order valence-electron chi connectivity index (χ3n) is 4.20. The highest BCUT2D eigenvalue weighted by Gasteiger charge is 2.24. The van der Waals surface area contributed by atoms with Crippen LogP contribution in [0.15, 0.2) is 0 Å². The van der Waals surface area contributed by atoms with Crippen molar-refractivity contribution in [2.75, 3.05) is 6.61 Å². The molecule has 1 aliphatic carbocycles. The molecule has 0 heterocycles. The first-order chi connectivity index (χ1) is 9.93. The van der Waals surface area contributed by atoms with Gasteiger partial charge in [0.15, 0.2) is 0 Å². The molecule has 5 heteroatoms. The number of hydrogen-bond acceptors (Lipinski definition) is 3. The first-order valence-electron chi connectivity index (χ1n) is 8.14. The van der Waals surface area contributed by atoms with Crippen molar-refractivity contribution in [1.82, 2.24) is 10.6 Å². The fourth-order valence-electron chi connectivity index (χ4n) is 2.85. The van der Waals surface area contributed by atoms with Gasteiger partial charge in [-0.2, -0.15) is 0 Å². The topological polar surface area (TPSA) is 78.4 Å². The van der Waals surface area contributed by atoms with Crippen molar-refractivity contribution >= 4 is 11.8 Å². The Balaban J connectivity index is 2.33. The normalized spacial score (nSPS) is 18.5. The van der Waals surface area contributed by atoms with E-state index in [-0.39, 0.29) is 48.8 Å². The Morgan fingerprint density at radius 3 is 2.29 bits per heavy atom. The van der Waals surface area contributed by atoms with Gasteiger partial charge in [0.1, 0.15) is 0 Å². The SMILES string of the molecule is CC(CC(=O)NC(CCO)C(C)C)NC(=O)C1CCCC1. The van der Waals surface area contributed by atoms with E-state index in [0.29, 0.717) is 6.42 Å². The molecule has 0 aromatic rings. The van der Waals surface area contributed by atoms with E-state index < -0.39 is 0 Å². The molecule has 122 valence electrons. The van der Waals surface area contributed by atoms with Gasteiger partial charge in [-0.15, -0.1) is 0 Å². The van der Waals surface area contributed by atoms with Gasteiger partial charge < -0.3 is 15.7 Å². The summed E-state index contributed by atoms with van der Waals surface area (Å²) < 4.78 is 0. The second kappa shape index (κ2) is 9.03. The Kier molecular flexibility index (Phi) is 7.72. The van der Waals surface area contributed by atoms with Crippen LogP contribution in [-0.4, -0.2) is 35.6 Å². The molecule has 1 rings (SSSR count). The van der Waals surface area contributed by atoms with Crippen LogP contribution in [0.25, 0.3) is 0 Å². The zero-order chi connectivity index (χ0) is 15.8. The number of aliphatic hydroxyl groups excluding tert-OH is 1. The first-order valence-corrected chi connectivity index (χ1v) is 8.14. The lowest BCUT2D eigenvalue weighted by molar-refractivity contribution is -0.126. The lowest BCUT2D eigenvalue weighted by Crippen LogP contribution is -2.43. The molecule has 5 nitrogen and oxygen atoms in total. The highest BCUT2D eigenvalue weighted by Crippen LogP contribution is 2.24. The third-order valence-corrected chi connectivity index (χ3v) is 4.20. The monoisotopic (exact) mass is 298 g/mol. The van der Waals surface area contributed by atoms with Crippen molar-refractivity contribution in [2.45, 2.75) is 71.4 Å². The summed E-state index contributed by atoms with van der Waals surface area (Å²) in [7, 11) is 0. The van der Waals surface area contributed by atoms with Gasteiger partial charge in [-0.1, -0.05) is 26.7 Å². The van der Waals surface area contributed by atoms with Crippen LogP contribution < -0.4 is 10.6 Å². The molecule has 0 spiro atoms. The van der Waals surface area contributed by atoms with Crippen molar-refractivity contribution in [3.05, 3.63) is 0 Å². The molecular formula is C16H30N2O3. The van der Waals surface area contributed by atoms with Gasteiger partial charge in [0.05, 0.1) is 0 Å². The average molecular weight is 298 g/mol. The van der Waals surface area contributed by atoms with Crippen molar-refractivity contribution in [3.63, 3.8) is 0 Å². The van der Waals surface area contributed by atoms with Crippen LogP contribution in [0.2, 0.25) is 0 Å². The van der Waals surface area contributed by atoms with Gasteiger partial charge in [-0.05, 0) is 32.1 Å². The number of carbonyl (C=O) groups excluding carboxylic acids is 2. The molecule has 0 aliphatic heterocycles. The lowest BCUT2D eigenvalue weighted by atomic mass is 10.0. The van der Waals surface area contributed by atoms with Crippen LogP contribution in [-0.2, 0) is 9.59 Å². The van der Waals surface area contributed by atoms with Crippen molar-refractivity contribution in [2.24, 2.45) is 11.8 Å². The summed E-state index contributed by atoms with van der Waals surface area (Å²) in [4.78, 5) is 24.0. The number of rotatable bonds is 8. The summed E-state index contributed by atoms with van der Waals surface area (Å²) >= 11 is 0. The van der Waals surface area contributed by atoms with E-state index >= 15 is 0 Å². The van der Waals surface area contributed by atoms with E-state index in [1.54, 1.807) is 0 Å². The minimum atomic E-state index is -0.153. The number of carbonyl (C=O) groups is 2. The van der Waals surface area contributed by atoms with E-state index in [9.17, 15) is 9.59 Å². The fraction of sp³-hybridized carbons (Fsp3) is 0.875. The Labute approximate surface area is 127 Å². The molecular weight excluding hydrogens is 268 g/mol. The summed E-state index contributed by atoms with van der Waals surface area (Å²) in [6, 6.07) is -0.166. The number of aliphatic hydroxyl groups is 1. The van der Waals surface area contributed by atoms with Crippen LogP contribution in [0.5, 0.6) is 0 Å². The van der Waals surface area contributed by atoms with Gasteiger partial charge >= 0.3 is 0 Å². The maximum Gasteiger partial charge on any atom is 0.223 e. The zero-order valence-electron chi connectivity index (χ0n) is 13.5. The van der Waals surface area contributed by atoms with E-state index in [2.05, 4.69) is 10.6 Å². The largest absolute Gasteiger partial charge is 0.396 e. The zero-order valence-corrected chi connectivity index (χ0v) is 13.5. The van der Waals surface area contributed by atoms with E-state index in [4.69, 9.17) is 5.11 Å². The van der Waals surface area contributed by atoms with Crippen LogP contribution in [0, 0.1) is 11.8 Å². The van der Waals surface area contributed by atoms with E-state index in [0.717, 1.165) is 25.7 Å². The maximum absolute atomic E-state index is 12.0. The van der Waals surface area contributed by atoms with Crippen molar-refractivity contribution < 1.29 is 14.7 Å². The minimum Gasteiger partial charge on any atom is -0.396 e. The van der Waals surface area contributed by atoms with Crippen molar-refractivity contribution in [3.8, 4) is 0 Å². The molecule has 1 saturated carbocycles.